The van der Waals surface area contributed by atoms with Gasteiger partial charge in [-0.2, -0.15) is 0 Å². The zero-order valence-corrected chi connectivity index (χ0v) is 5.18. The van der Waals surface area contributed by atoms with Gasteiger partial charge in [-0.1, -0.05) is 0 Å². The first kappa shape index (κ1) is 8.19. The zero-order chi connectivity index (χ0) is 8.59. The first-order chi connectivity index (χ1) is 5.04. The van der Waals surface area contributed by atoms with Crippen LogP contribution < -0.4 is 5.32 Å². The van der Waals surface area contributed by atoms with Gasteiger partial charge in [0.05, 0.1) is 0 Å². The molecular formula is C5H4F3NO2. The van der Waals surface area contributed by atoms with Crippen LogP contribution in [0.5, 0.6) is 0 Å². The van der Waals surface area contributed by atoms with Crippen molar-refractivity contribution < 1.29 is 22.8 Å². The Hall–Kier alpha value is -0.910. The first-order valence-electron chi connectivity index (χ1n) is 2.80. The number of carbonyl (C=O) groups excluding carboxylic acids is 2. The van der Waals surface area contributed by atoms with Crippen molar-refractivity contribution in [2.24, 2.45) is 0 Å². The van der Waals surface area contributed by atoms with Gasteiger partial charge in [0.25, 0.3) is 5.78 Å². The lowest BCUT2D eigenvalue weighted by atomic mass is 10.1. The van der Waals surface area contributed by atoms with E-state index in [-0.39, 0.29) is 0 Å². The molecule has 0 radical (unpaired) electrons. The normalized spacial score (nSPS) is 39.4. The molecule has 0 saturated carbocycles. The minimum atomic E-state index is -2.57. The maximum Gasteiger partial charge on any atom is 0.250 e. The molecule has 3 atom stereocenters. The molecule has 0 aliphatic carbocycles. The van der Waals surface area contributed by atoms with E-state index < -0.39 is 30.3 Å². The van der Waals surface area contributed by atoms with Gasteiger partial charge in [0.15, 0.2) is 6.30 Å². The van der Waals surface area contributed by atoms with Crippen molar-refractivity contribution in [3.05, 3.63) is 0 Å². The van der Waals surface area contributed by atoms with Gasteiger partial charge in [0.2, 0.25) is 18.3 Å². The molecule has 11 heavy (non-hydrogen) atoms. The first-order valence-corrected chi connectivity index (χ1v) is 2.80. The highest BCUT2D eigenvalue weighted by molar-refractivity contribution is 6.41. The predicted molar refractivity (Wildman–Crippen MR) is 27.8 cm³/mol. The number of rotatable bonds is 0. The Balaban J connectivity index is 2.79. The van der Waals surface area contributed by atoms with E-state index in [9.17, 15) is 22.8 Å². The van der Waals surface area contributed by atoms with Crippen molar-refractivity contribution >= 4 is 11.6 Å². The van der Waals surface area contributed by atoms with Gasteiger partial charge in [0, 0.05) is 0 Å². The molecule has 1 aliphatic heterocycles. The third kappa shape index (κ3) is 1.25. The highest BCUT2D eigenvalue weighted by atomic mass is 19.2. The summed E-state index contributed by atoms with van der Waals surface area (Å²) in [6.07, 6.45) is -7.41. The summed E-state index contributed by atoms with van der Waals surface area (Å²) in [5.74, 6) is -3.21. The summed E-state index contributed by atoms with van der Waals surface area (Å²) in [6.45, 7) is 0. The maximum atomic E-state index is 12.2. The Bertz CT molecular complexity index is 208. The smallest absolute Gasteiger partial charge is 0.250 e. The lowest BCUT2D eigenvalue weighted by Gasteiger charge is -2.21. The Morgan fingerprint density at radius 1 is 1.09 bits per heavy atom. The van der Waals surface area contributed by atoms with E-state index >= 15 is 0 Å². The second-order valence-corrected chi connectivity index (χ2v) is 2.06. The molecule has 0 bridgehead atoms. The van der Waals surface area contributed by atoms with E-state index in [1.54, 1.807) is 0 Å². The summed E-state index contributed by atoms with van der Waals surface area (Å²) >= 11 is 0. The van der Waals surface area contributed by atoms with Crippen LogP contribution in [0.3, 0.4) is 0 Å². The van der Waals surface area contributed by atoms with Crippen LogP contribution in [0.1, 0.15) is 0 Å². The fourth-order valence-electron chi connectivity index (χ4n) is 0.694. The van der Waals surface area contributed by atoms with E-state index in [1.807, 2.05) is 0 Å². The van der Waals surface area contributed by atoms with Crippen molar-refractivity contribution in [2.75, 3.05) is 0 Å². The highest BCUT2D eigenvalue weighted by Gasteiger charge is 2.43. The Kier molecular flexibility index (Phi) is 1.95. The molecule has 1 aliphatic rings. The molecule has 3 nitrogen and oxygen atoms in total. The predicted octanol–water partition coefficient (Wildman–Crippen LogP) is -0.343. The van der Waals surface area contributed by atoms with Crippen LogP contribution in [-0.4, -0.2) is 30.3 Å². The molecule has 1 heterocycles. The maximum absolute atomic E-state index is 12.2. The summed E-state index contributed by atoms with van der Waals surface area (Å²) in [7, 11) is 0. The number of nitrogens with one attached hydrogen (secondary N) is 1. The summed E-state index contributed by atoms with van der Waals surface area (Å²) < 4.78 is 36.5. The number of carbonyl (C=O) groups is 2. The number of hydrogen-bond acceptors (Lipinski definition) is 3. The minimum Gasteiger partial charge on any atom is -0.287 e. The molecule has 1 fully saturated rings. The molecule has 1 N–H and O–H groups in total. The minimum absolute atomic E-state index is 1.33. The van der Waals surface area contributed by atoms with Crippen LogP contribution in [0.25, 0.3) is 0 Å². The number of Topliss-reactive ketones (excluding diaryl/α,β-unsaturated/α-hetero) is 2. The average Bonchev–Trinajstić information content (AvgIpc) is 1.97. The van der Waals surface area contributed by atoms with Gasteiger partial charge >= 0.3 is 0 Å². The lowest BCUT2D eigenvalue weighted by Crippen LogP contribution is -2.55. The van der Waals surface area contributed by atoms with Gasteiger partial charge in [0.1, 0.15) is 0 Å². The van der Waals surface area contributed by atoms with E-state index in [1.165, 1.54) is 5.32 Å². The molecule has 1 saturated heterocycles. The van der Waals surface area contributed by atoms with Gasteiger partial charge in [-0.05, 0) is 0 Å². The Labute approximate surface area is 59.6 Å². The molecule has 62 valence electrons. The molecule has 0 aromatic carbocycles. The van der Waals surface area contributed by atoms with E-state index in [0.717, 1.165) is 0 Å². The lowest BCUT2D eigenvalue weighted by molar-refractivity contribution is -0.149. The topological polar surface area (TPSA) is 46.2 Å². The fraction of sp³-hybridized carbons (Fsp3) is 0.600. The van der Waals surface area contributed by atoms with Crippen molar-refractivity contribution in [1.29, 1.82) is 0 Å². The second-order valence-electron chi connectivity index (χ2n) is 2.06. The van der Waals surface area contributed by atoms with E-state index in [4.69, 9.17) is 0 Å². The van der Waals surface area contributed by atoms with Gasteiger partial charge in [-0.25, -0.2) is 18.5 Å². The average molecular weight is 167 g/mol. The van der Waals surface area contributed by atoms with Crippen LogP contribution in [0.15, 0.2) is 0 Å². The monoisotopic (exact) mass is 167 g/mol. The number of ketones is 2. The third-order valence-electron chi connectivity index (χ3n) is 1.29. The van der Waals surface area contributed by atoms with Crippen LogP contribution in [0.2, 0.25) is 0 Å². The molecular weight excluding hydrogens is 163 g/mol. The number of piperidine rings is 1. The summed E-state index contributed by atoms with van der Waals surface area (Å²) in [5, 5.41) is 1.33. The Morgan fingerprint density at radius 3 is 2.18 bits per heavy atom. The van der Waals surface area contributed by atoms with Gasteiger partial charge in [-0.15, -0.1) is 0 Å². The molecule has 0 aromatic heterocycles. The number of alkyl halides is 3. The molecule has 1 rings (SSSR count). The largest absolute Gasteiger partial charge is 0.287 e. The van der Waals surface area contributed by atoms with Crippen molar-refractivity contribution in [1.82, 2.24) is 5.32 Å². The fourth-order valence-corrected chi connectivity index (χ4v) is 0.694. The highest BCUT2D eigenvalue weighted by Crippen LogP contribution is 2.12. The Morgan fingerprint density at radius 2 is 1.64 bits per heavy atom. The molecule has 0 amide bonds. The van der Waals surface area contributed by atoms with Crippen LogP contribution >= 0.6 is 0 Å². The molecule has 6 heteroatoms. The standard InChI is InChI=1S/C5H4F3NO2/c6-1-2(10)3(11)5(8)9-4(1)7/h1,4-5,9H. The van der Waals surface area contributed by atoms with Crippen LogP contribution in [0.4, 0.5) is 13.2 Å². The van der Waals surface area contributed by atoms with Crippen LogP contribution in [0, 0.1) is 0 Å². The molecule has 0 spiro atoms. The van der Waals surface area contributed by atoms with E-state index in [0.29, 0.717) is 0 Å². The molecule has 0 aromatic rings. The SMILES string of the molecule is O=C1C(=O)C(F)C(F)NC1F. The van der Waals surface area contributed by atoms with Crippen molar-refractivity contribution in [3.8, 4) is 0 Å². The summed E-state index contributed by atoms with van der Waals surface area (Å²) in [4.78, 5) is 20.6. The van der Waals surface area contributed by atoms with Gasteiger partial charge in [-0.3, -0.25) is 9.59 Å². The van der Waals surface area contributed by atoms with Gasteiger partial charge < -0.3 is 0 Å². The van der Waals surface area contributed by atoms with E-state index in [2.05, 4.69) is 0 Å². The molecule has 3 unspecified atom stereocenters. The third-order valence-corrected chi connectivity index (χ3v) is 1.29. The van der Waals surface area contributed by atoms with Crippen LogP contribution in [-0.2, 0) is 9.59 Å². The second kappa shape index (κ2) is 2.61. The summed E-state index contributed by atoms with van der Waals surface area (Å²) in [5.41, 5.74) is 0. The quantitative estimate of drug-likeness (QED) is 0.396. The number of hydrogen-bond donors (Lipinski definition) is 1. The number of halogens is 3. The zero-order valence-electron chi connectivity index (χ0n) is 5.18. The van der Waals surface area contributed by atoms with Crippen molar-refractivity contribution in [2.45, 2.75) is 18.8 Å². The van der Waals surface area contributed by atoms with Crippen molar-refractivity contribution in [3.63, 3.8) is 0 Å². The summed E-state index contributed by atoms with van der Waals surface area (Å²) in [6, 6.07) is 0.